The van der Waals surface area contributed by atoms with Gasteiger partial charge >= 0.3 is 5.97 Å². The molecule has 3 fully saturated rings. The molecule has 0 spiro atoms. The molecule has 1 aromatic carbocycles. The van der Waals surface area contributed by atoms with Gasteiger partial charge in [0.2, 0.25) is 0 Å². The maximum Gasteiger partial charge on any atom is 0.306 e. The van der Waals surface area contributed by atoms with Gasteiger partial charge in [-0.25, -0.2) is 0 Å². The van der Waals surface area contributed by atoms with Crippen molar-refractivity contribution in [2.24, 2.45) is 34.5 Å². The van der Waals surface area contributed by atoms with Crippen molar-refractivity contribution in [1.82, 2.24) is 0 Å². The number of rotatable bonds is 6. The minimum Gasteiger partial charge on any atom is -0.458 e. The first-order valence-electron chi connectivity index (χ1n) is 13.3. The van der Waals surface area contributed by atoms with Gasteiger partial charge < -0.3 is 4.74 Å². The van der Waals surface area contributed by atoms with Gasteiger partial charge in [0, 0.05) is 18.8 Å². The van der Waals surface area contributed by atoms with Crippen LogP contribution in [0.1, 0.15) is 77.2 Å². The molecule has 0 aliphatic heterocycles. The number of Topliss-reactive ketones (excluding diaryl/α,β-unsaturated/α-hetero) is 1. The van der Waals surface area contributed by atoms with Gasteiger partial charge in [0.25, 0.3) is 0 Å². The zero-order valence-electron chi connectivity index (χ0n) is 20.7. The van der Waals surface area contributed by atoms with Gasteiger partial charge in [-0.1, -0.05) is 49.8 Å². The number of allylic oxidation sites excluding steroid dienone is 1. The second kappa shape index (κ2) is 9.09. The minimum absolute atomic E-state index is 0.00180. The molecule has 182 valence electrons. The van der Waals surface area contributed by atoms with Crippen molar-refractivity contribution < 1.29 is 19.1 Å². The Kier molecular flexibility index (Phi) is 6.29. The Hall–Kier alpha value is -2.23. The Morgan fingerprint density at radius 3 is 2.56 bits per heavy atom. The van der Waals surface area contributed by atoms with Crippen LogP contribution in [-0.2, 0) is 25.5 Å². The van der Waals surface area contributed by atoms with Crippen LogP contribution in [0.2, 0.25) is 0 Å². The summed E-state index contributed by atoms with van der Waals surface area (Å²) in [6.07, 6.45) is 11.0. The lowest BCUT2D eigenvalue weighted by Gasteiger charge is -2.58. The highest BCUT2D eigenvalue weighted by Crippen LogP contribution is 2.66. The summed E-state index contributed by atoms with van der Waals surface area (Å²) in [6, 6.07) is 9.90. The number of benzene rings is 1. The van der Waals surface area contributed by atoms with E-state index in [1.54, 1.807) is 0 Å². The first-order valence-corrected chi connectivity index (χ1v) is 13.3. The molecule has 0 radical (unpaired) electrons. The summed E-state index contributed by atoms with van der Waals surface area (Å²) in [6.45, 7) is 4.65. The van der Waals surface area contributed by atoms with Crippen LogP contribution in [0.15, 0.2) is 42.0 Å². The number of fused-ring (bicyclic) bond motifs is 5. The summed E-state index contributed by atoms with van der Waals surface area (Å²) in [5, 5.41) is 0. The zero-order valence-corrected chi connectivity index (χ0v) is 20.7. The van der Waals surface area contributed by atoms with Crippen LogP contribution < -0.4 is 0 Å². The molecule has 0 heterocycles. The van der Waals surface area contributed by atoms with Crippen molar-refractivity contribution >= 4 is 17.5 Å². The van der Waals surface area contributed by atoms with Crippen molar-refractivity contribution in [3.63, 3.8) is 0 Å². The number of hydrogen-bond acceptors (Lipinski definition) is 4. The van der Waals surface area contributed by atoms with Gasteiger partial charge in [-0.3, -0.25) is 14.4 Å². The molecule has 4 nitrogen and oxygen atoms in total. The molecule has 1 aromatic rings. The van der Waals surface area contributed by atoms with Crippen LogP contribution in [-0.4, -0.2) is 24.1 Å². The maximum absolute atomic E-state index is 13.2. The van der Waals surface area contributed by atoms with E-state index in [0.29, 0.717) is 42.8 Å². The third-order valence-electron chi connectivity index (χ3n) is 10.2. The van der Waals surface area contributed by atoms with Crippen molar-refractivity contribution in [1.29, 1.82) is 0 Å². The Balaban J connectivity index is 1.20. The predicted octanol–water partition coefficient (Wildman–Crippen LogP) is 5.88. The second-order valence-electron chi connectivity index (χ2n) is 11.8. The van der Waals surface area contributed by atoms with E-state index in [9.17, 15) is 14.4 Å². The first kappa shape index (κ1) is 23.5. The molecular weight excluding hydrogens is 424 g/mol. The predicted molar refractivity (Wildman–Crippen MR) is 131 cm³/mol. The summed E-state index contributed by atoms with van der Waals surface area (Å²) in [5.74, 6) is 1.96. The molecule has 3 saturated carbocycles. The van der Waals surface area contributed by atoms with E-state index in [2.05, 4.69) is 13.8 Å². The van der Waals surface area contributed by atoms with E-state index < -0.39 is 0 Å². The third-order valence-corrected chi connectivity index (χ3v) is 10.2. The summed E-state index contributed by atoms with van der Waals surface area (Å²) < 4.78 is 5.44. The van der Waals surface area contributed by atoms with Crippen molar-refractivity contribution in [2.75, 3.05) is 6.61 Å². The highest BCUT2D eigenvalue weighted by atomic mass is 16.5. The molecule has 6 atom stereocenters. The van der Waals surface area contributed by atoms with Gasteiger partial charge in [0.05, 0.1) is 0 Å². The van der Waals surface area contributed by atoms with Crippen molar-refractivity contribution in [2.45, 2.75) is 78.1 Å². The highest BCUT2D eigenvalue weighted by molar-refractivity contribution is 5.91. The number of hydrogen-bond donors (Lipinski definition) is 0. The van der Waals surface area contributed by atoms with Crippen molar-refractivity contribution in [3.05, 3.63) is 47.5 Å². The van der Waals surface area contributed by atoms with E-state index in [0.717, 1.165) is 50.5 Å². The fraction of sp³-hybridized carbons (Fsp3) is 0.633. The standard InChI is InChI=1S/C30H38O4/c1-29-16-14-22(31)18-21(29)9-10-23-24-11-12-26(30(24,2)17-15-25(23)29)27(32)19-34-28(33)13-8-20-6-4-3-5-7-20/h3-7,18,23-26H,8-17,19H2,1-2H3/t23-,24+,25-,26-,29+,30+/m1/s1. The molecule has 0 saturated heterocycles. The Labute approximate surface area is 203 Å². The quantitative estimate of drug-likeness (QED) is 0.495. The normalized spacial score (nSPS) is 36.6. The highest BCUT2D eigenvalue weighted by Gasteiger charge is 2.60. The smallest absolute Gasteiger partial charge is 0.306 e. The number of esters is 1. The molecule has 4 aliphatic rings. The lowest BCUT2D eigenvalue weighted by Crippen LogP contribution is -2.51. The Morgan fingerprint density at radius 1 is 0.971 bits per heavy atom. The maximum atomic E-state index is 13.2. The average Bonchev–Trinajstić information content (AvgIpc) is 3.19. The summed E-state index contributed by atoms with van der Waals surface area (Å²) in [7, 11) is 0. The number of aryl methyl sites for hydroxylation is 1. The molecule has 0 aromatic heterocycles. The topological polar surface area (TPSA) is 60.4 Å². The van der Waals surface area contributed by atoms with Crippen LogP contribution in [0.3, 0.4) is 0 Å². The third kappa shape index (κ3) is 4.07. The zero-order chi connectivity index (χ0) is 23.9. The molecule has 0 N–H and O–H groups in total. The van der Waals surface area contributed by atoms with Gasteiger partial charge in [-0.2, -0.15) is 0 Å². The lowest BCUT2D eigenvalue weighted by molar-refractivity contribution is -0.151. The fourth-order valence-electron chi connectivity index (χ4n) is 8.30. The molecule has 0 bridgehead atoms. The minimum atomic E-state index is -0.285. The number of carbonyl (C=O) groups excluding carboxylic acids is 3. The summed E-state index contributed by atoms with van der Waals surface area (Å²) in [4.78, 5) is 37.6. The van der Waals surface area contributed by atoms with Gasteiger partial charge in [-0.15, -0.1) is 0 Å². The van der Waals surface area contributed by atoms with Crippen LogP contribution in [0.5, 0.6) is 0 Å². The SMILES string of the molecule is C[C@]12CC[C@@H]3[C@H](CCC4=CC(=O)CC[C@@]43C)[C@@H]1CC[C@@H]2C(=O)COC(=O)CCc1ccccc1. The number of ether oxygens (including phenoxy) is 1. The summed E-state index contributed by atoms with van der Waals surface area (Å²) in [5.41, 5.74) is 2.67. The van der Waals surface area contributed by atoms with E-state index in [-0.39, 0.29) is 35.1 Å². The molecule has 0 unspecified atom stereocenters. The first-order chi connectivity index (χ1) is 16.3. The molecule has 0 amide bonds. The molecule has 5 rings (SSSR count). The summed E-state index contributed by atoms with van der Waals surface area (Å²) >= 11 is 0. The van der Waals surface area contributed by atoms with E-state index in [1.165, 1.54) is 5.57 Å². The molecule has 4 heteroatoms. The molecular formula is C30H38O4. The van der Waals surface area contributed by atoms with Crippen LogP contribution in [0, 0.1) is 34.5 Å². The average molecular weight is 463 g/mol. The van der Waals surface area contributed by atoms with Crippen LogP contribution in [0.25, 0.3) is 0 Å². The largest absolute Gasteiger partial charge is 0.458 e. The Bertz CT molecular complexity index is 994. The molecule has 34 heavy (non-hydrogen) atoms. The van der Waals surface area contributed by atoms with E-state index in [4.69, 9.17) is 4.74 Å². The van der Waals surface area contributed by atoms with Gasteiger partial charge in [-0.05, 0) is 91.6 Å². The van der Waals surface area contributed by atoms with Crippen LogP contribution >= 0.6 is 0 Å². The Morgan fingerprint density at radius 2 is 1.76 bits per heavy atom. The monoisotopic (exact) mass is 462 g/mol. The van der Waals surface area contributed by atoms with E-state index >= 15 is 0 Å². The van der Waals surface area contributed by atoms with Gasteiger partial charge in [0.15, 0.2) is 11.6 Å². The fourth-order valence-corrected chi connectivity index (χ4v) is 8.30. The lowest BCUT2D eigenvalue weighted by atomic mass is 9.46. The number of carbonyl (C=O) groups is 3. The molecule has 4 aliphatic carbocycles. The second-order valence-corrected chi connectivity index (χ2v) is 11.8. The van der Waals surface area contributed by atoms with Crippen LogP contribution in [0.4, 0.5) is 0 Å². The van der Waals surface area contributed by atoms with E-state index in [1.807, 2.05) is 36.4 Å². The number of ketones is 2. The van der Waals surface area contributed by atoms with Gasteiger partial charge in [0.1, 0.15) is 6.61 Å². The van der Waals surface area contributed by atoms with Crippen molar-refractivity contribution in [3.8, 4) is 0 Å².